The van der Waals surface area contributed by atoms with E-state index in [2.05, 4.69) is 26.6 Å². The Morgan fingerprint density at radius 2 is 1.70 bits per heavy atom. The molecule has 0 aromatic heterocycles. The third-order valence-corrected chi connectivity index (χ3v) is 5.18. The molecule has 0 aliphatic carbocycles. The van der Waals surface area contributed by atoms with Crippen LogP contribution in [0.1, 0.15) is 27.6 Å². The van der Waals surface area contributed by atoms with E-state index in [1.807, 2.05) is 24.3 Å². The van der Waals surface area contributed by atoms with Crippen LogP contribution in [0.25, 0.3) is 0 Å². The molecule has 0 fully saturated rings. The van der Waals surface area contributed by atoms with E-state index in [1.54, 1.807) is 48.5 Å². The third-order valence-electron chi connectivity index (χ3n) is 4.40. The van der Waals surface area contributed by atoms with E-state index in [0.29, 0.717) is 21.8 Å². The molecule has 5 nitrogen and oxygen atoms in total. The molecule has 30 heavy (non-hydrogen) atoms. The minimum Gasteiger partial charge on any atom is -0.387 e. The highest BCUT2D eigenvalue weighted by Crippen LogP contribution is 2.17. The van der Waals surface area contributed by atoms with Gasteiger partial charge in [0.2, 0.25) is 5.91 Å². The summed E-state index contributed by atoms with van der Waals surface area (Å²) in [5.74, 6) is -0.514. The summed E-state index contributed by atoms with van der Waals surface area (Å²) in [6, 6.07) is 21.0. The molecular formula is C23H20BrClN2O3. The van der Waals surface area contributed by atoms with E-state index in [0.717, 1.165) is 10.0 Å². The van der Waals surface area contributed by atoms with Crippen molar-refractivity contribution in [2.45, 2.75) is 12.5 Å². The van der Waals surface area contributed by atoms with E-state index >= 15 is 0 Å². The van der Waals surface area contributed by atoms with E-state index in [9.17, 15) is 14.7 Å². The van der Waals surface area contributed by atoms with Gasteiger partial charge in [0.1, 0.15) is 0 Å². The first-order valence-corrected chi connectivity index (χ1v) is 10.4. The molecule has 0 heterocycles. The fraction of sp³-hybridized carbons (Fsp3) is 0.130. The number of benzene rings is 3. The Morgan fingerprint density at radius 1 is 1.00 bits per heavy atom. The standard InChI is InChI=1S/C23H20BrClN2O3/c24-18-8-4-15(5-9-18)12-22(29)27-20-3-1-2-17(13-20)23(30)26-14-21(28)16-6-10-19(25)11-7-16/h1-11,13,21,28H,12,14H2,(H,26,30)(H,27,29). The first-order chi connectivity index (χ1) is 14.4. The highest BCUT2D eigenvalue weighted by Gasteiger charge is 2.12. The number of nitrogens with one attached hydrogen (secondary N) is 2. The maximum atomic E-state index is 12.4. The van der Waals surface area contributed by atoms with Crippen molar-refractivity contribution in [3.8, 4) is 0 Å². The summed E-state index contributed by atoms with van der Waals surface area (Å²) >= 11 is 9.21. The van der Waals surface area contributed by atoms with E-state index in [4.69, 9.17) is 11.6 Å². The smallest absolute Gasteiger partial charge is 0.251 e. The van der Waals surface area contributed by atoms with Crippen LogP contribution in [0.2, 0.25) is 5.02 Å². The molecule has 3 aromatic carbocycles. The van der Waals surface area contributed by atoms with Crippen LogP contribution < -0.4 is 10.6 Å². The first kappa shape index (κ1) is 22.0. The predicted octanol–water partition coefficient (Wildman–Crippen LogP) is 4.75. The Bertz CT molecular complexity index is 1020. The summed E-state index contributed by atoms with van der Waals surface area (Å²) in [6.07, 6.45) is -0.614. The first-order valence-electron chi connectivity index (χ1n) is 9.27. The van der Waals surface area contributed by atoms with Gasteiger partial charge in [0.05, 0.1) is 12.5 Å². The molecule has 7 heteroatoms. The lowest BCUT2D eigenvalue weighted by Crippen LogP contribution is -2.28. The van der Waals surface area contributed by atoms with Gasteiger partial charge in [-0.1, -0.05) is 57.9 Å². The molecule has 1 unspecified atom stereocenters. The van der Waals surface area contributed by atoms with Crippen molar-refractivity contribution in [3.63, 3.8) is 0 Å². The summed E-state index contributed by atoms with van der Waals surface area (Å²) in [5.41, 5.74) is 2.47. The Kier molecular flexibility index (Phi) is 7.63. The van der Waals surface area contributed by atoms with E-state index in [1.165, 1.54) is 0 Å². The van der Waals surface area contributed by atoms with Gasteiger partial charge in [-0.15, -0.1) is 0 Å². The van der Waals surface area contributed by atoms with Crippen molar-refractivity contribution in [2.75, 3.05) is 11.9 Å². The number of carbonyl (C=O) groups excluding carboxylic acids is 2. The maximum Gasteiger partial charge on any atom is 0.251 e. The second-order valence-corrected chi connectivity index (χ2v) is 8.06. The number of halogens is 2. The fourth-order valence-electron chi connectivity index (χ4n) is 2.83. The predicted molar refractivity (Wildman–Crippen MR) is 122 cm³/mol. The van der Waals surface area contributed by atoms with Crippen LogP contribution in [0.4, 0.5) is 5.69 Å². The van der Waals surface area contributed by atoms with E-state index < -0.39 is 6.10 Å². The number of carbonyl (C=O) groups is 2. The summed E-state index contributed by atoms with van der Waals surface area (Å²) in [6.45, 7) is 0.0562. The van der Waals surface area contributed by atoms with Crippen molar-refractivity contribution in [1.29, 1.82) is 0 Å². The van der Waals surface area contributed by atoms with Gasteiger partial charge in [-0.25, -0.2) is 0 Å². The molecule has 3 N–H and O–H groups in total. The summed E-state index contributed by atoms with van der Waals surface area (Å²) < 4.78 is 0.951. The van der Waals surface area contributed by atoms with Crippen LogP contribution in [0, 0.1) is 0 Å². The minimum absolute atomic E-state index is 0.0562. The second-order valence-electron chi connectivity index (χ2n) is 6.71. The number of hydrogen-bond acceptors (Lipinski definition) is 3. The SMILES string of the molecule is O=C(Cc1ccc(Br)cc1)Nc1cccc(C(=O)NCC(O)c2ccc(Cl)cc2)c1. The number of anilines is 1. The highest BCUT2D eigenvalue weighted by atomic mass is 79.9. The van der Waals surface area contributed by atoms with Crippen LogP contribution in [0.5, 0.6) is 0 Å². The highest BCUT2D eigenvalue weighted by molar-refractivity contribution is 9.10. The van der Waals surface area contributed by atoms with Crippen LogP contribution in [-0.4, -0.2) is 23.5 Å². The van der Waals surface area contributed by atoms with Crippen LogP contribution in [-0.2, 0) is 11.2 Å². The minimum atomic E-state index is -0.847. The molecule has 154 valence electrons. The van der Waals surface area contributed by atoms with Gasteiger partial charge in [-0.2, -0.15) is 0 Å². The number of amides is 2. The van der Waals surface area contributed by atoms with Crippen LogP contribution >= 0.6 is 27.5 Å². The maximum absolute atomic E-state index is 12.4. The van der Waals surface area contributed by atoms with Gasteiger partial charge in [0.25, 0.3) is 5.91 Å². The van der Waals surface area contributed by atoms with Crippen LogP contribution in [0.15, 0.2) is 77.3 Å². The molecule has 0 saturated carbocycles. The molecule has 0 aliphatic heterocycles. The molecular weight excluding hydrogens is 468 g/mol. The molecule has 3 aromatic rings. The molecule has 3 rings (SSSR count). The van der Waals surface area contributed by atoms with Crippen molar-refractivity contribution in [1.82, 2.24) is 5.32 Å². The number of rotatable bonds is 7. The summed E-state index contributed by atoms with van der Waals surface area (Å²) in [5, 5.41) is 16.3. The number of aliphatic hydroxyl groups is 1. The van der Waals surface area contributed by atoms with Gasteiger partial charge in [0, 0.05) is 27.3 Å². The normalized spacial score (nSPS) is 11.6. The van der Waals surface area contributed by atoms with Gasteiger partial charge >= 0.3 is 0 Å². The zero-order valence-corrected chi connectivity index (χ0v) is 18.3. The van der Waals surface area contributed by atoms with Gasteiger partial charge < -0.3 is 15.7 Å². The molecule has 0 aliphatic rings. The average molecular weight is 488 g/mol. The lowest BCUT2D eigenvalue weighted by molar-refractivity contribution is -0.115. The molecule has 0 bridgehead atoms. The molecule has 2 amide bonds. The number of aliphatic hydroxyl groups excluding tert-OH is 1. The Balaban J connectivity index is 1.55. The quantitative estimate of drug-likeness (QED) is 0.450. The fourth-order valence-corrected chi connectivity index (χ4v) is 3.22. The van der Waals surface area contributed by atoms with Gasteiger partial charge in [-0.3, -0.25) is 9.59 Å². The van der Waals surface area contributed by atoms with Crippen molar-refractivity contribution < 1.29 is 14.7 Å². The lowest BCUT2D eigenvalue weighted by Gasteiger charge is -2.13. The average Bonchev–Trinajstić information content (AvgIpc) is 2.74. The molecule has 0 radical (unpaired) electrons. The van der Waals surface area contributed by atoms with E-state index in [-0.39, 0.29) is 24.8 Å². The Labute approximate surface area is 188 Å². The largest absolute Gasteiger partial charge is 0.387 e. The molecule has 0 spiro atoms. The van der Waals surface area contributed by atoms with Crippen LogP contribution in [0.3, 0.4) is 0 Å². The third kappa shape index (κ3) is 6.42. The summed E-state index contributed by atoms with van der Waals surface area (Å²) in [7, 11) is 0. The summed E-state index contributed by atoms with van der Waals surface area (Å²) in [4.78, 5) is 24.7. The number of hydrogen-bond donors (Lipinski definition) is 3. The Morgan fingerprint density at radius 3 is 2.40 bits per heavy atom. The molecule has 1 atom stereocenters. The Hall–Kier alpha value is -2.67. The lowest BCUT2D eigenvalue weighted by atomic mass is 10.1. The monoisotopic (exact) mass is 486 g/mol. The van der Waals surface area contributed by atoms with Crippen molar-refractivity contribution in [2.24, 2.45) is 0 Å². The topological polar surface area (TPSA) is 78.4 Å². The zero-order chi connectivity index (χ0) is 21.5. The van der Waals surface area contributed by atoms with Gasteiger partial charge in [0.15, 0.2) is 0 Å². The van der Waals surface area contributed by atoms with Crippen molar-refractivity contribution in [3.05, 3.63) is 99.0 Å². The van der Waals surface area contributed by atoms with Crippen molar-refractivity contribution >= 4 is 45.0 Å². The zero-order valence-electron chi connectivity index (χ0n) is 15.9. The van der Waals surface area contributed by atoms with Gasteiger partial charge in [-0.05, 0) is 53.6 Å². The second kappa shape index (κ2) is 10.4. The molecule has 0 saturated heterocycles.